The quantitative estimate of drug-likeness (QED) is 0.672. The van der Waals surface area contributed by atoms with Crippen molar-refractivity contribution in [1.29, 1.82) is 0 Å². The normalized spacial score (nSPS) is 24.1. The lowest BCUT2D eigenvalue weighted by Gasteiger charge is -2.36. The van der Waals surface area contributed by atoms with Gasteiger partial charge in [-0.1, -0.05) is 44.0 Å². The van der Waals surface area contributed by atoms with Crippen LogP contribution in [0.15, 0.2) is 24.3 Å². The Balaban J connectivity index is 1.60. The van der Waals surface area contributed by atoms with Crippen molar-refractivity contribution in [3.63, 3.8) is 0 Å². The third-order valence-electron chi connectivity index (χ3n) is 6.70. The number of nitrogens with one attached hydrogen (secondary N) is 2. The molecule has 1 saturated heterocycles. The Kier molecular flexibility index (Phi) is 6.81. The van der Waals surface area contributed by atoms with Crippen molar-refractivity contribution < 1.29 is 14.4 Å². The molecule has 1 aliphatic heterocycles. The lowest BCUT2D eigenvalue weighted by molar-refractivity contribution is -0.137. The highest BCUT2D eigenvalue weighted by molar-refractivity contribution is 6.09. The fourth-order valence-electron chi connectivity index (χ4n) is 4.37. The summed E-state index contributed by atoms with van der Waals surface area (Å²) in [6, 6.07) is 7.96. The van der Waals surface area contributed by atoms with Crippen molar-refractivity contribution in [2.24, 2.45) is 5.92 Å². The number of hydrogen-bond acceptors (Lipinski definition) is 4. The highest BCUT2D eigenvalue weighted by Crippen LogP contribution is 2.38. The molecule has 2 atom stereocenters. The number of nitrogens with zero attached hydrogens (tertiary/aromatic N) is 2. The molecule has 3 rings (SSSR count). The number of rotatable bonds is 7. The van der Waals surface area contributed by atoms with E-state index in [9.17, 15) is 14.4 Å². The Bertz CT molecular complexity index is 809. The minimum Gasteiger partial charge on any atom is -0.350 e. The molecular formula is C23H34N4O3. The fraction of sp³-hybridized carbons (Fsp3) is 0.609. The molecule has 7 nitrogen and oxygen atoms in total. The van der Waals surface area contributed by atoms with Gasteiger partial charge in [-0.05, 0) is 50.8 Å². The maximum absolute atomic E-state index is 13.0. The van der Waals surface area contributed by atoms with Gasteiger partial charge in [-0.25, -0.2) is 4.79 Å². The van der Waals surface area contributed by atoms with Crippen LogP contribution in [-0.2, 0) is 22.7 Å². The number of carbonyl (C=O) groups excluding carboxylic acids is 3. The summed E-state index contributed by atoms with van der Waals surface area (Å²) in [7, 11) is 2.07. The summed E-state index contributed by atoms with van der Waals surface area (Å²) in [4.78, 5) is 41.3. The van der Waals surface area contributed by atoms with Crippen molar-refractivity contribution in [3.8, 4) is 0 Å². The van der Waals surface area contributed by atoms with Crippen LogP contribution in [0.3, 0.4) is 0 Å². The molecule has 2 aliphatic rings. The topological polar surface area (TPSA) is 81.8 Å². The van der Waals surface area contributed by atoms with E-state index in [4.69, 9.17) is 0 Å². The van der Waals surface area contributed by atoms with Crippen molar-refractivity contribution >= 4 is 17.8 Å². The monoisotopic (exact) mass is 414 g/mol. The largest absolute Gasteiger partial charge is 0.350 e. The zero-order chi connectivity index (χ0) is 21.9. The first kappa shape index (κ1) is 22.3. The Morgan fingerprint density at radius 1 is 1.27 bits per heavy atom. The molecule has 30 heavy (non-hydrogen) atoms. The van der Waals surface area contributed by atoms with Crippen molar-refractivity contribution in [2.45, 2.75) is 71.1 Å². The Morgan fingerprint density at radius 2 is 1.97 bits per heavy atom. The van der Waals surface area contributed by atoms with Gasteiger partial charge in [0.15, 0.2) is 0 Å². The van der Waals surface area contributed by atoms with E-state index in [-0.39, 0.29) is 24.3 Å². The second kappa shape index (κ2) is 9.16. The number of urea groups is 1. The molecule has 7 heteroatoms. The van der Waals surface area contributed by atoms with E-state index in [1.165, 1.54) is 0 Å². The highest BCUT2D eigenvalue weighted by Gasteiger charge is 2.55. The predicted molar refractivity (Wildman–Crippen MR) is 115 cm³/mol. The van der Waals surface area contributed by atoms with Crippen molar-refractivity contribution in [3.05, 3.63) is 35.4 Å². The molecule has 1 saturated carbocycles. The number of hydrogen-bond donors (Lipinski definition) is 2. The molecule has 1 heterocycles. The second-order valence-corrected chi connectivity index (χ2v) is 8.99. The van der Waals surface area contributed by atoms with Crippen molar-refractivity contribution in [2.75, 3.05) is 13.6 Å². The van der Waals surface area contributed by atoms with E-state index in [0.29, 0.717) is 19.0 Å². The van der Waals surface area contributed by atoms with Gasteiger partial charge in [-0.2, -0.15) is 0 Å². The summed E-state index contributed by atoms with van der Waals surface area (Å²) >= 11 is 0. The van der Waals surface area contributed by atoms with Gasteiger partial charge in [0.1, 0.15) is 12.1 Å². The van der Waals surface area contributed by atoms with Gasteiger partial charge in [0.05, 0.1) is 0 Å². The molecule has 0 radical (unpaired) electrons. The lowest BCUT2D eigenvalue weighted by Crippen LogP contribution is -2.54. The van der Waals surface area contributed by atoms with E-state index in [0.717, 1.165) is 41.8 Å². The minimum atomic E-state index is -0.830. The Labute approximate surface area is 179 Å². The van der Waals surface area contributed by atoms with Crippen LogP contribution in [0.2, 0.25) is 0 Å². The standard InChI is InChI=1S/C23H34N4O3/c1-16(2)26(4)14-19-11-6-5-10-18(19)13-24-20(28)15-27-21(29)23(25-22(27)30)12-8-7-9-17(23)3/h5-6,10-11,16-17H,7-9,12-15H2,1-4H3,(H,24,28)(H,25,30). The Hall–Kier alpha value is -2.41. The average Bonchev–Trinajstić information content (AvgIpc) is 2.94. The maximum Gasteiger partial charge on any atom is 0.325 e. The number of carbonyl (C=O) groups is 3. The summed E-state index contributed by atoms with van der Waals surface area (Å²) in [5.74, 6) is -0.500. The van der Waals surface area contributed by atoms with Crippen LogP contribution in [-0.4, -0.2) is 52.8 Å². The molecule has 2 unspecified atom stereocenters. The van der Waals surface area contributed by atoms with E-state index < -0.39 is 11.6 Å². The Morgan fingerprint density at radius 3 is 2.63 bits per heavy atom. The second-order valence-electron chi connectivity index (χ2n) is 8.99. The van der Waals surface area contributed by atoms with Crippen molar-refractivity contribution in [1.82, 2.24) is 20.4 Å². The summed E-state index contributed by atoms with van der Waals surface area (Å²) in [5.41, 5.74) is 1.36. The number of benzene rings is 1. The zero-order valence-corrected chi connectivity index (χ0v) is 18.5. The van der Waals surface area contributed by atoms with E-state index >= 15 is 0 Å². The average molecular weight is 415 g/mol. The third kappa shape index (κ3) is 4.51. The van der Waals surface area contributed by atoms with Crippen LogP contribution in [0.25, 0.3) is 0 Å². The first-order chi connectivity index (χ1) is 14.2. The summed E-state index contributed by atoms with van der Waals surface area (Å²) in [6.45, 7) is 7.20. The summed E-state index contributed by atoms with van der Waals surface area (Å²) in [5, 5.41) is 5.77. The zero-order valence-electron chi connectivity index (χ0n) is 18.5. The molecule has 1 aromatic carbocycles. The molecular weight excluding hydrogens is 380 g/mol. The fourth-order valence-corrected chi connectivity index (χ4v) is 4.37. The van der Waals surface area contributed by atoms with E-state index in [1.54, 1.807) is 0 Å². The molecule has 2 fully saturated rings. The van der Waals surface area contributed by atoms with Crippen LogP contribution in [0.5, 0.6) is 0 Å². The van der Waals surface area contributed by atoms with Gasteiger partial charge >= 0.3 is 6.03 Å². The first-order valence-electron chi connectivity index (χ1n) is 10.9. The molecule has 1 aromatic rings. The minimum absolute atomic E-state index is 0.0839. The van der Waals surface area contributed by atoms with Gasteiger partial charge in [0.2, 0.25) is 5.91 Å². The lowest BCUT2D eigenvalue weighted by atomic mass is 9.73. The van der Waals surface area contributed by atoms with Crippen LogP contribution in [0.4, 0.5) is 4.79 Å². The summed E-state index contributed by atoms with van der Waals surface area (Å²) in [6.07, 6.45) is 3.54. The SMILES string of the molecule is CC(C)N(C)Cc1ccccc1CNC(=O)CN1C(=O)NC2(CCCCC2C)C1=O. The number of amides is 4. The maximum atomic E-state index is 13.0. The molecule has 1 aliphatic carbocycles. The molecule has 2 N–H and O–H groups in total. The molecule has 0 aromatic heterocycles. The van der Waals surface area contributed by atoms with Gasteiger partial charge in [0, 0.05) is 19.1 Å². The first-order valence-corrected chi connectivity index (χ1v) is 10.9. The van der Waals surface area contributed by atoms with Gasteiger partial charge in [0.25, 0.3) is 5.91 Å². The third-order valence-corrected chi connectivity index (χ3v) is 6.70. The van der Waals surface area contributed by atoms with Crippen LogP contribution in [0.1, 0.15) is 57.6 Å². The van der Waals surface area contributed by atoms with Gasteiger partial charge < -0.3 is 10.6 Å². The van der Waals surface area contributed by atoms with Gasteiger partial charge in [-0.3, -0.25) is 19.4 Å². The van der Waals surface area contributed by atoms with Gasteiger partial charge in [-0.15, -0.1) is 0 Å². The van der Waals surface area contributed by atoms with Crippen LogP contribution in [0, 0.1) is 5.92 Å². The smallest absolute Gasteiger partial charge is 0.325 e. The molecule has 4 amide bonds. The predicted octanol–water partition coefficient (Wildman–Crippen LogP) is 2.64. The molecule has 1 spiro atoms. The van der Waals surface area contributed by atoms with E-state index in [1.807, 2.05) is 25.1 Å². The highest BCUT2D eigenvalue weighted by atomic mass is 16.2. The molecule has 0 bridgehead atoms. The van der Waals surface area contributed by atoms with Crippen LogP contribution >= 0.6 is 0 Å². The molecule has 164 valence electrons. The van der Waals surface area contributed by atoms with E-state index in [2.05, 4.69) is 42.5 Å². The number of imide groups is 1. The summed E-state index contributed by atoms with van der Waals surface area (Å²) < 4.78 is 0. The van der Waals surface area contributed by atoms with Crippen LogP contribution < -0.4 is 10.6 Å².